The maximum Gasteiger partial charge on any atom is 0.0387 e. The predicted molar refractivity (Wildman–Crippen MR) is 84.5 cm³/mol. The molecule has 0 fully saturated rings. The van der Waals surface area contributed by atoms with Crippen molar-refractivity contribution in [3.05, 3.63) is 70.8 Å². The number of anilines is 1. The Labute approximate surface area is 116 Å². The predicted octanol–water partition coefficient (Wildman–Crippen LogP) is 5.00. The van der Waals surface area contributed by atoms with Crippen molar-refractivity contribution in [2.24, 2.45) is 0 Å². The normalized spacial score (nSPS) is 10.3. The number of benzene rings is 2. The average molecular weight is 251 g/mol. The van der Waals surface area contributed by atoms with E-state index in [0.717, 1.165) is 11.4 Å². The summed E-state index contributed by atoms with van der Waals surface area (Å²) in [7, 11) is 0. The number of nitrogens with one attached hydrogen (secondary N) is 1. The van der Waals surface area contributed by atoms with Crippen molar-refractivity contribution in [3.63, 3.8) is 0 Å². The number of hydrogen-bond donors (Lipinski definition) is 1. The van der Waals surface area contributed by atoms with Crippen molar-refractivity contribution in [2.75, 3.05) is 5.32 Å². The third-order valence-corrected chi connectivity index (χ3v) is 3.51. The Morgan fingerprint density at radius 3 is 2.21 bits per heavy atom. The molecule has 1 heteroatoms. The Morgan fingerprint density at radius 1 is 0.842 bits per heavy atom. The standard InChI is InChI=1S/C18H21N/c1-12-6-9-18(15(4)10-12)16(5)19-17-8-7-13(2)14(3)11-17/h6-11,19H,5H2,1-4H3. The molecule has 0 amide bonds. The first kappa shape index (κ1) is 13.4. The van der Waals surface area contributed by atoms with E-state index in [1.165, 1.54) is 27.8 Å². The van der Waals surface area contributed by atoms with Crippen LogP contribution in [-0.2, 0) is 0 Å². The van der Waals surface area contributed by atoms with Gasteiger partial charge in [0.2, 0.25) is 0 Å². The molecule has 0 spiro atoms. The quantitative estimate of drug-likeness (QED) is 0.809. The molecule has 0 radical (unpaired) electrons. The molecule has 0 unspecified atom stereocenters. The fourth-order valence-corrected chi connectivity index (χ4v) is 2.21. The van der Waals surface area contributed by atoms with Gasteiger partial charge in [-0.25, -0.2) is 0 Å². The van der Waals surface area contributed by atoms with E-state index in [-0.39, 0.29) is 0 Å². The van der Waals surface area contributed by atoms with Gasteiger partial charge in [0.25, 0.3) is 0 Å². The maximum absolute atomic E-state index is 4.15. The molecule has 0 bridgehead atoms. The molecule has 2 aromatic carbocycles. The molecule has 1 nitrogen and oxygen atoms in total. The van der Waals surface area contributed by atoms with Crippen LogP contribution in [0, 0.1) is 27.7 Å². The van der Waals surface area contributed by atoms with Gasteiger partial charge in [-0.3, -0.25) is 0 Å². The van der Waals surface area contributed by atoms with Gasteiger partial charge < -0.3 is 5.32 Å². The molecule has 0 atom stereocenters. The number of aryl methyl sites for hydroxylation is 4. The van der Waals surface area contributed by atoms with Gasteiger partial charge in [-0.05, 0) is 56.5 Å². The van der Waals surface area contributed by atoms with Crippen molar-refractivity contribution in [1.82, 2.24) is 0 Å². The monoisotopic (exact) mass is 251 g/mol. The Morgan fingerprint density at radius 2 is 1.58 bits per heavy atom. The lowest BCUT2D eigenvalue weighted by Crippen LogP contribution is -2.00. The summed E-state index contributed by atoms with van der Waals surface area (Å²) in [6.45, 7) is 12.6. The van der Waals surface area contributed by atoms with E-state index in [0.29, 0.717) is 0 Å². The van der Waals surface area contributed by atoms with Crippen molar-refractivity contribution in [1.29, 1.82) is 0 Å². The highest BCUT2D eigenvalue weighted by molar-refractivity contribution is 5.77. The Bertz CT molecular complexity index is 624. The number of hydrogen-bond acceptors (Lipinski definition) is 1. The van der Waals surface area contributed by atoms with E-state index >= 15 is 0 Å². The smallest absolute Gasteiger partial charge is 0.0387 e. The molecule has 0 aliphatic heterocycles. The second kappa shape index (κ2) is 5.31. The van der Waals surface area contributed by atoms with E-state index in [1.54, 1.807) is 0 Å². The summed E-state index contributed by atoms with van der Waals surface area (Å²) in [6, 6.07) is 12.8. The van der Waals surface area contributed by atoms with Crippen LogP contribution < -0.4 is 5.32 Å². The fourth-order valence-electron chi connectivity index (χ4n) is 2.21. The molecule has 0 aromatic heterocycles. The molecule has 98 valence electrons. The van der Waals surface area contributed by atoms with Gasteiger partial charge in [-0.2, -0.15) is 0 Å². The van der Waals surface area contributed by atoms with Crippen molar-refractivity contribution in [3.8, 4) is 0 Å². The lowest BCUT2D eigenvalue weighted by atomic mass is 10.0. The van der Waals surface area contributed by atoms with Crippen LogP contribution in [0.1, 0.15) is 27.8 Å². The van der Waals surface area contributed by atoms with Crippen LogP contribution >= 0.6 is 0 Å². The summed E-state index contributed by atoms with van der Waals surface area (Å²) >= 11 is 0. The lowest BCUT2D eigenvalue weighted by molar-refractivity contribution is 1.33. The van der Waals surface area contributed by atoms with E-state index in [2.05, 4.69) is 76.0 Å². The summed E-state index contributed by atoms with van der Waals surface area (Å²) in [6.07, 6.45) is 0. The van der Waals surface area contributed by atoms with Crippen LogP contribution in [0.4, 0.5) is 5.69 Å². The largest absolute Gasteiger partial charge is 0.356 e. The summed E-state index contributed by atoms with van der Waals surface area (Å²) in [5.41, 5.74) is 8.33. The zero-order valence-corrected chi connectivity index (χ0v) is 12.2. The summed E-state index contributed by atoms with van der Waals surface area (Å²) in [4.78, 5) is 0. The van der Waals surface area contributed by atoms with Gasteiger partial charge in [0.05, 0.1) is 0 Å². The molecule has 2 rings (SSSR count). The van der Waals surface area contributed by atoms with Crippen LogP contribution in [0.2, 0.25) is 0 Å². The summed E-state index contributed by atoms with van der Waals surface area (Å²) in [5.74, 6) is 0. The van der Waals surface area contributed by atoms with Gasteiger partial charge in [0.15, 0.2) is 0 Å². The van der Waals surface area contributed by atoms with Gasteiger partial charge in [-0.15, -0.1) is 0 Å². The molecule has 0 heterocycles. The Kier molecular flexibility index (Phi) is 3.75. The first-order chi connectivity index (χ1) is 8.97. The minimum Gasteiger partial charge on any atom is -0.356 e. The topological polar surface area (TPSA) is 12.0 Å². The second-order valence-corrected chi connectivity index (χ2v) is 5.22. The van der Waals surface area contributed by atoms with Gasteiger partial charge in [-0.1, -0.05) is 36.4 Å². The van der Waals surface area contributed by atoms with E-state index in [9.17, 15) is 0 Å². The first-order valence-electron chi connectivity index (χ1n) is 6.58. The highest BCUT2D eigenvalue weighted by atomic mass is 14.9. The van der Waals surface area contributed by atoms with Crippen LogP contribution in [0.3, 0.4) is 0 Å². The minimum absolute atomic E-state index is 0.945. The highest BCUT2D eigenvalue weighted by Crippen LogP contribution is 2.22. The van der Waals surface area contributed by atoms with Gasteiger partial charge in [0, 0.05) is 16.9 Å². The van der Waals surface area contributed by atoms with Crippen molar-refractivity contribution in [2.45, 2.75) is 27.7 Å². The third kappa shape index (κ3) is 3.05. The lowest BCUT2D eigenvalue weighted by Gasteiger charge is -2.14. The van der Waals surface area contributed by atoms with Gasteiger partial charge in [0.1, 0.15) is 0 Å². The molecular formula is C18H21N. The maximum atomic E-state index is 4.15. The van der Waals surface area contributed by atoms with Gasteiger partial charge >= 0.3 is 0 Å². The van der Waals surface area contributed by atoms with Crippen molar-refractivity contribution < 1.29 is 0 Å². The fraction of sp³-hybridized carbons (Fsp3) is 0.222. The molecule has 1 N–H and O–H groups in total. The van der Waals surface area contributed by atoms with E-state index in [1.807, 2.05) is 0 Å². The highest BCUT2D eigenvalue weighted by Gasteiger charge is 2.04. The van der Waals surface area contributed by atoms with Crippen LogP contribution in [0.15, 0.2) is 43.0 Å². The zero-order chi connectivity index (χ0) is 14.0. The minimum atomic E-state index is 0.945. The summed E-state index contributed by atoms with van der Waals surface area (Å²) in [5, 5.41) is 3.39. The average Bonchev–Trinajstić information content (AvgIpc) is 2.33. The van der Waals surface area contributed by atoms with Crippen molar-refractivity contribution >= 4 is 11.4 Å². The molecule has 0 saturated carbocycles. The SMILES string of the molecule is C=C(Nc1ccc(C)c(C)c1)c1ccc(C)cc1C. The summed E-state index contributed by atoms with van der Waals surface area (Å²) < 4.78 is 0. The molecule has 2 aromatic rings. The molecule has 19 heavy (non-hydrogen) atoms. The van der Waals surface area contributed by atoms with E-state index in [4.69, 9.17) is 0 Å². The second-order valence-electron chi connectivity index (χ2n) is 5.22. The molecular weight excluding hydrogens is 230 g/mol. The Hall–Kier alpha value is -2.02. The van der Waals surface area contributed by atoms with Crippen LogP contribution in [0.25, 0.3) is 5.70 Å². The first-order valence-corrected chi connectivity index (χ1v) is 6.58. The van der Waals surface area contributed by atoms with Crippen LogP contribution in [-0.4, -0.2) is 0 Å². The Balaban J connectivity index is 2.23. The molecule has 0 aliphatic rings. The van der Waals surface area contributed by atoms with Crippen LogP contribution in [0.5, 0.6) is 0 Å². The molecule has 0 saturated heterocycles. The third-order valence-electron chi connectivity index (χ3n) is 3.51. The van der Waals surface area contributed by atoms with E-state index < -0.39 is 0 Å². The molecule has 0 aliphatic carbocycles. The zero-order valence-electron chi connectivity index (χ0n) is 12.2. The number of rotatable bonds is 3.